The van der Waals surface area contributed by atoms with E-state index in [0.29, 0.717) is 26.2 Å². The third-order valence-corrected chi connectivity index (χ3v) is 4.28. The maximum absolute atomic E-state index is 12.0. The van der Waals surface area contributed by atoms with Gasteiger partial charge in [-0.2, -0.15) is 5.10 Å². The molecule has 0 bridgehead atoms. The third-order valence-electron chi connectivity index (χ3n) is 4.28. The van der Waals surface area contributed by atoms with Crippen LogP contribution in [0.15, 0.2) is 6.20 Å². The summed E-state index contributed by atoms with van der Waals surface area (Å²) < 4.78 is 5.55. The SMILES string of the molecule is CN(C)C(=O)C[C@@]1(O)COCCN(Cc2cn[nH]c2C(C)(C)C)C1. The van der Waals surface area contributed by atoms with E-state index in [4.69, 9.17) is 4.74 Å². The summed E-state index contributed by atoms with van der Waals surface area (Å²) in [4.78, 5) is 15.7. The van der Waals surface area contributed by atoms with Gasteiger partial charge in [0.15, 0.2) is 0 Å². The van der Waals surface area contributed by atoms with Gasteiger partial charge in [0.1, 0.15) is 5.60 Å². The zero-order chi connectivity index (χ0) is 18.0. The van der Waals surface area contributed by atoms with Crippen LogP contribution in [0.4, 0.5) is 0 Å². The molecule has 2 rings (SSSR count). The molecule has 0 unspecified atom stereocenters. The van der Waals surface area contributed by atoms with Gasteiger partial charge in [-0.3, -0.25) is 14.8 Å². The van der Waals surface area contributed by atoms with E-state index in [9.17, 15) is 9.90 Å². The van der Waals surface area contributed by atoms with E-state index in [1.165, 1.54) is 4.90 Å². The maximum atomic E-state index is 12.0. The van der Waals surface area contributed by atoms with Crippen molar-refractivity contribution in [1.29, 1.82) is 0 Å². The number of hydrogen-bond acceptors (Lipinski definition) is 5. The van der Waals surface area contributed by atoms with Gasteiger partial charge in [0, 0.05) is 50.4 Å². The standard InChI is InChI=1S/C17H30N4O3/c1-16(2,3)15-13(9-18-19-15)10-21-6-7-24-12-17(23,11-21)8-14(22)20(4)5/h9,23H,6-8,10-12H2,1-5H3,(H,18,19)/t17-/m0/s1. The van der Waals surface area contributed by atoms with Gasteiger partial charge in [0.05, 0.1) is 25.8 Å². The highest BCUT2D eigenvalue weighted by molar-refractivity contribution is 5.76. The number of nitrogens with one attached hydrogen (secondary N) is 1. The van der Waals surface area contributed by atoms with Gasteiger partial charge in [0.2, 0.25) is 5.91 Å². The molecule has 0 saturated carbocycles. The molecule has 1 atom stereocenters. The Bertz CT molecular complexity index is 564. The first-order valence-corrected chi connectivity index (χ1v) is 8.36. The molecule has 1 aromatic heterocycles. The number of hydrogen-bond donors (Lipinski definition) is 2. The number of amides is 1. The van der Waals surface area contributed by atoms with Crippen LogP contribution in [-0.4, -0.2) is 77.0 Å². The second-order valence-corrected chi connectivity index (χ2v) is 7.97. The molecule has 1 aliphatic heterocycles. The Morgan fingerprint density at radius 2 is 2.21 bits per heavy atom. The Morgan fingerprint density at radius 1 is 1.50 bits per heavy atom. The molecular weight excluding hydrogens is 308 g/mol. The van der Waals surface area contributed by atoms with Gasteiger partial charge in [-0.25, -0.2) is 0 Å². The van der Waals surface area contributed by atoms with Crippen LogP contribution in [0, 0.1) is 0 Å². The Labute approximate surface area is 144 Å². The third kappa shape index (κ3) is 4.78. The highest BCUT2D eigenvalue weighted by Crippen LogP contribution is 2.26. The number of carbonyl (C=O) groups is 1. The lowest BCUT2D eigenvalue weighted by Gasteiger charge is -2.31. The number of nitrogens with zero attached hydrogens (tertiary/aromatic N) is 3. The number of ether oxygens (including phenoxy) is 1. The van der Waals surface area contributed by atoms with Crippen LogP contribution in [0.1, 0.15) is 38.4 Å². The number of aromatic amines is 1. The molecule has 7 nitrogen and oxygen atoms in total. The first-order chi connectivity index (χ1) is 11.1. The molecule has 24 heavy (non-hydrogen) atoms. The summed E-state index contributed by atoms with van der Waals surface area (Å²) in [7, 11) is 3.39. The molecular formula is C17H30N4O3. The van der Waals surface area contributed by atoms with Gasteiger partial charge in [-0.1, -0.05) is 20.8 Å². The summed E-state index contributed by atoms with van der Waals surface area (Å²) in [5, 5.41) is 18.1. The van der Waals surface area contributed by atoms with Crippen molar-refractivity contribution in [2.45, 2.75) is 44.8 Å². The predicted octanol–water partition coefficient (Wildman–Crippen LogP) is 0.749. The van der Waals surface area contributed by atoms with E-state index in [2.05, 4.69) is 35.9 Å². The Hall–Kier alpha value is -1.44. The second-order valence-electron chi connectivity index (χ2n) is 7.97. The molecule has 2 heterocycles. The molecule has 1 fully saturated rings. The smallest absolute Gasteiger partial charge is 0.225 e. The lowest BCUT2D eigenvalue weighted by atomic mass is 9.89. The molecule has 1 aliphatic rings. The van der Waals surface area contributed by atoms with E-state index < -0.39 is 5.60 Å². The van der Waals surface area contributed by atoms with Crippen molar-refractivity contribution >= 4 is 5.91 Å². The van der Waals surface area contributed by atoms with Crippen molar-refractivity contribution in [2.75, 3.05) is 40.4 Å². The Morgan fingerprint density at radius 3 is 2.83 bits per heavy atom. The monoisotopic (exact) mass is 338 g/mol. The number of β-amino-alcohol motifs (C(OH)–C–C–N with tert-alkyl or cyclic N) is 1. The van der Waals surface area contributed by atoms with Crippen molar-refractivity contribution in [1.82, 2.24) is 20.0 Å². The molecule has 7 heteroatoms. The average Bonchev–Trinajstić information content (AvgIpc) is 2.83. The minimum Gasteiger partial charge on any atom is -0.386 e. The molecule has 0 radical (unpaired) electrons. The van der Waals surface area contributed by atoms with Crippen LogP contribution >= 0.6 is 0 Å². The van der Waals surface area contributed by atoms with Crippen LogP contribution in [0.2, 0.25) is 0 Å². The van der Waals surface area contributed by atoms with Crippen molar-refractivity contribution < 1.29 is 14.6 Å². The topological polar surface area (TPSA) is 81.7 Å². The maximum Gasteiger partial charge on any atom is 0.225 e. The van der Waals surface area contributed by atoms with Gasteiger partial charge in [0.25, 0.3) is 0 Å². The van der Waals surface area contributed by atoms with Gasteiger partial charge in [-0.15, -0.1) is 0 Å². The summed E-state index contributed by atoms with van der Waals surface area (Å²) >= 11 is 0. The summed E-state index contributed by atoms with van der Waals surface area (Å²) in [6.07, 6.45) is 1.91. The lowest BCUT2D eigenvalue weighted by molar-refractivity contribution is -0.136. The van der Waals surface area contributed by atoms with Gasteiger partial charge < -0.3 is 14.7 Å². The molecule has 1 saturated heterocycles. The number of aliphatic hydroxyl groups is 1. The highest BCUT2D eigenvalue weighted by atomic mass is 16.5. The average molecular weight is 338 g/mol. The van der Waals surface area contributed by atoms with Crippen LogP contribution in [-0.2, 0) is 21.5 Å². The summed E-state index contributed by atoms with van der Waals surface area (Å²) in [5.41, 5.74) is 1.03. The molecule has 0 aromatic carbocycles. The van der Waals surface area contributed by atoms with Crippen molar-refractivity contribution in [2.24, 2.45) is 0 Å². The molecule has 136 valence electrons. The molecule has 0 spiro atoms. The minimum atomic E-state index is -1.16. The van der Waals surface area contributed by atoms with E-state index in [1.54, 1.807) is 14.1 Å². The molecule has 2 N–H and O–H groups in total. The van der Waals surface area contributed by atoms with Gasteiger partial charge in [-0.05, 0) is 0 Å². The Kier molecular flexibility index (Phi) is 5.67. The predicted molar refractivity (Wildman–Crippen MR) is 91.6 cm³/mol. The van der Waals surface area contributed by atoms with Crippen LogP contribution in [0.25, 0.3) is 0 Å². The fraction of sp³-hybridized carbons (Fsp3) is 0.765. The zero-order valence-corrected chi connectivity index (χ0v) is 15.4. The number of rotatable bonds is 4. The van der Waals surface area contributed by atoms with Crippen molar-refractivity contribution in [3.05, 3.63) is 17.5 Å². The van der Waals surface area contributed by atoms with Gasteiger partial charge >= 0.3 is 0 Å². The zero-order valence-electron chi connectivity index (χ0n) is 15.4. The largest absolute Gasteiger partial charge is 0.386 e. The number of H-pyrrole nitrogens is 1. The Balaban J connectivity index is 2.10. The number of carbonyl (C=O) groups excluding carboxylic acids is 1. The van der Waals surface area contributed by atoms with Crippen LogP contribution in [0.3, 0.4) is 0 Å². The van der Waals surface area contributed by atoms with E-state index in [-0.39, 0.29) is 24.3 Å². The minimum absolute atomic E-state index is 0.0224. The van der Waals surface area contributed by atoms with Crippen LogP contribution < -0.4 is 0 Å². The van der Waals surface area contributed by atoms with Crippen molar-refractivity contribution in [3.8, 4) is 0 Å². The first-order valence-electron chi connectivity index (χ1n) is 8.36. The fourth-order valence-electron chi connectivity index (χ4n) is 3.00. The lowest BCUT2D eigenvalue weighted by Crippen LogP contribution is -2.47. The molecule has 1 aromatic rings. The van der Waals surface area contributed by atoms with E-state index in [0.717, 1.165) is 11.3 Å². The van der Waals surface area contributed by atoms with Crippen LogP contribution in [0.5, 0.6) is 0 Å². The fourth-order valence-corrected chi connectivity index (χ4v) is 3.00. The number of aromatic nitrogens is 2. The summed E-state index contributed by atoms with van der Waals surface area (Å²) in [5.74, 6) is -0.0957. The quantitative estimate of drug-likeness (QED) is 0.847. The normalized spacial score (nSPS) is 23.1. The molecule has 1 amide bonds. The van der Waals surface area contributed by atoms with E-state index >= 15 is 0 Å². The highest BCUT2D eigenvalue weighted by Gasteiger charge is 2.35. The summed E-state index contributed by atoms with van der Waals surface area (Å²) in [6.45, 7) is 8.94. The second kappa shape index (κ2) is 7.21. The van der Waals surface area contributed by atoms with E-state index in [1.807, 2.05) is 6.20 Å². The molecule has 0 aliphatic carbocycles. The van der Waals surface area contributed by atoms with Crippen molar-refractivity contribution in [3.63, 3.8) is 0 Å². The first kappa shape index (κ1) is 18.9. The summed E-state index contributed by atoms with van der Waals surface area (Å²) in [6, 6.07) is 0.